The van der Waals surface area contributed by atoms with Gasteiger partial charge in [-0.15, -0.1) is 0 Å². The van der Waals surface area contributed by atoms with E-state index in [2.05, 4.69) is 0 Å². The first kappa shape index (κ1) is 7.28. The highest BCUT2D eigenvalue weighted by atomic mass is 16.3. The van der Waals surface area contributed by atoms with E-state index in [0.717, 1.165) is 6.42 Å². The Morgan fingerprint density at radius 2 is 2.50 bits per heavy atom. The van der Waals surface area contributed by atoms with Crippen molar-refractivity contribution in [2.45, 2.75) is 19.6 Å². The number of carbonyl (C=O) groups is 1. The number of rotatable bonds is 2. The van der Waals surface area contributed by atoms with Gasteiger partial charge in [0.2, 0.25) is 5.91 Å². The van der Waals surface area contributed by atoms with Gasteiger partial charge in [-0.05, 0) is 12.5 Å². The van der Waals surface area contributed by atoms with Gasteiger partial charge in [-0.2, -0.15) is 0 Å². The lowest BCUT2D eigenvalue weighted by atomic mass is 10.4. The SMILES string of the molecule is CCCN1C(=O)C=CC1O. The summed E-state index contributed by atoms with van der Waals surface area (Å²) in [6.45, 7) is 2.60. The predicted octanol–water partition coefficient (Wildman–Crippen LogP) is 0.113. The third-order valence-electron chi connectivity index (χ3n) is 1.48. The molecule has 0 aromatic rings. The van der Waals surface area contributed by atoms with Crippen molar-refractivity contribution >= 4 is 5.91 Å². The summed E-state index contributed by atoms with van der Waals surface area (Å²) in [6, 6.07) is 0. The maximum Gasteiger partial charge on any atom is 0.248 e. The van der Waals surface area contributed by atoms with Crippen molar-refractivity contribution in [1.82, 2.24) is 4.90 Å². The maximum atomic E-state index is 10.9. The summed E-state index contributed by atoms with van der Waals surface area (Å²) >= 11 is 0. The number of nitrogens with zero attached hydrogens (tertiary/aromatic N) is 1. The number of aliphatic hydroxyl groups excluding tert-OH is 1. The van der Waals surface area contributed by atoms with Gasteiger partial charge in [-0.25, -0.2) is 0 Å². The van der Waals surface area contributed by atoms with Crippen LogP contribution in [-0.4, -0.2) is 28.7 Å². The molecule has 1 atom stereocenters. The molecule has 0 saturated carbocycles. The molecule has 0 fully saturated rings. The molecule has 1 heterocycles. The predicted molar refractivity (Wildman–Crippen MR) is 37.2 cm³/mol. The molecule has 0 spiro atoms. The monoisotopic (exact) mass is 141 g/mol. The average Bonchev–Trinajstić information content (AvgIpc) is 2.20. The molecule has 0 aromatic heterocycles. The van der Waals surface area contributed by atoms with Crippen molar-refractivity contribution in [3.8, 4) is 0 Å². The molecular formula is C7H11NO2. The summed E-state index contributed by atoms with van der Waals surface area (Å²) < 4.78 is 0. The first-order valence-corrected chi connectivity index (χ1v) is 3.42. The number of hydrogen-bond acceptors (Lipinski definition) is 2. The molecular weight excluding hydrogens is 130 g/mol. The largest absolute Gasteiger partial charge is 0.370 e. The highest BCUT2D eigenvalue weighted by Gasteiger charge is 2.21. The zero-order valence-corrected chi connectivity index (χ0v) is 5.95. The first-order chi connectivity index (χ1) is 4.75. The Kier molecular flexibility index (Phi) is 2.06. The normalized spacial score (nSPS) is 24.4. The van der Waals surface area contributed by atoms with E-state index in [4.69, 9.17) is 5.11 Å². The third kappa shape index (κ3) is 1.19. The fourth-order valence-corrected chi connectivity index (χ4v) is 0.982. The molecule has 1 amide bonds. The van der Waals surface area contributed by atoms with E-state index in [-0.39, 0.29) is 5.91 Å². The van der Waals surface area contributed by atoms with Crippen molar-refractivity contribution < 1.29 is 9.90 Å². The zero-order chi connectivity index (χ0) is 7.56. The fourth-order valence-electron chi connectivity index (χ4n) is 0.982. The summed E-state index contributed by atoms with van der Waals surface area (Å²) in [5, 5.41) is 9.11. The van der Waals surface area contributed by atoms with Gasteiger partial charge >= 0.3 is 0 Å². The molecule has 0 radical (unpaired) electrons. The lowest BCUT2D eigenvalue weighted by Gasteiger charge is -2.18. The van der Waals surface area contributed by atoms with Crippen LogP contribution >= 0.6 is 0 Å². The number of aliphatic hydroxyl groups is 1. The van der Waals surface area contributed by atoms with Gasteiger partial charge in [0, 0.05) is 12.6 Å². The molecule has 0 aliphatic carbocycles. The van der Waals surface area contributed by atoms with Crippen LogP contribution in [-0.2, 0) is 4.79 Å². The van der Waals surface area contributed by atoms with Gasteiger partial charge in [0.25, 0.3) is 0 Å². The van der Waals surface area contributed by atoms with E-state index in [0.29, 0.717) is 6.54 Å². The van der Waals surface area contributed by atoms with Crippen LogP contribution in [0.4, 0.5) is 0 Å². The number of amides is 1. The molecule has 3 heteroatoms. The summed E-state index contributed by atoms with van der Waals surface area (Å²) in [5.41, 5.74) is 0. The zero-order valence-electron chi connectivity index (χ0n) is 5.95. The summed E-state index contributed by atoms with van der Waals surface area (Å²) in [4.78, 5) is 12.3. The summed E-state index contributed by atoms with van der Waals surface area (Å²) in [5.74, 6) is -0.0886. The third-order valence-corrected chi connectivity index (χ3v) is 1.48. The van der Waals surface area contributed by atoms with Crippen LogP contribution in [0.25, 0.3) is 0 Å². The van der Waals surface area contributed by atoms with Crippen molar-refractivity contribution in [2.24, 2.45) is 0 Å². The summed E-state index contributed by atoms with van der Waals surface area (Å²) in [6.07, 6.45) is 3.09. The smallest absolute Gasteiger partial charge is 0.248 e. The van der Waals surface area contributed by atoms with Gasteiger partial charge in [-0.3, -0.25) is 4.79 Å². The summed E-state index contributed by atoms with van der Waals surface area (Å²) in [7, 11) is 0. The van der Waals surface area contributed by atoms with Crippen LogP contribution in [0.5, 0.6) is 0 Å². The molecule has 0 bridgehead atoms. The van der Waals surface area contributed by atoms with Crippen molar-refractivity contribution in [1.29, 1.82) is 0 Å². The van der Waals surface area contributed by atoms with Crippen LogP contribution < -0.4 is 0 Å². The quantitative estimate of drug-likeness (QED) is 0.593. The topological polar surface area (TPSA) is 40.5 Å². The van der Waals surface area contributed by atoms with Crippen LogP contribution in [0.1, 0.15) is 13.3 Å². The minimum absolute atomic E-state index is 0.0886. The van der Waals surface area contributed by atoms with Crippen LogP contribution in [0.2, 0.25) is 0 Å². The van der Waals surface area contributed by atoms with Gasteiger partial charge in [0.05, 0.1) is 0 Å². The number of carbonyl (C=O) groups excluding carboxylic acids is 1. The first-order valence-electron chi connectivity index (χ1n) is 3.42. The average molecular weight is 141 g/mol. The Balaban J connectivity index is 2.52. The van der Waals surface area contributed by atoms with Gasteiger partial charge < -0.3 is 10.0 Å². The van der Waals surface area contributed by atoms with Crippen LogP contribution in [0.3, 0.4) is 0 Å². The number of hydrogen-bond donors (Lipinski definition) is 1. The van der Waals surface area contributed by atoms with E-state index < -0.39 is 6.23 Å². The van der Waals surface area contributed by atoms with Crippen LogP contribution in [0.15, 0.2) is 12.2 Å². The van der Waals surface area contributed by atoms with Crippen molar-refractivity contribution in [3.63, 3.8) is 0 Å². The van der Waals surface area contributed by atoms with E-state index in [1.165, 1.54) is 17.1 Å². The maximum absolute atomic E-state index is 10.9. The molecule has 1 aliphatic rings. The second-order valence-electron chi connectivity index (χ2n) is 2.30. The molecule has 1 unspecified atom stereocenters. The van der Waals surface area contributed by atoms with Gasteiger partial charge in [-0.1, -0.05) is 6.92 Å². The molecule has 1 aliphatic heterocycles. The Morgan fingerprint density at radius 3 is 2.90 bits per heavy atom. The molecule has 56 valence electrons. The Labute approximate surface area is 59.9 Å². The lowest BCUT2D eigenvalue weighted by Crippen LogP contribution is -2.34. The molecule has 0 saturated heterocycles. The van der Waals surface area contributed by atoms with Gasteiger partial charge in [0.15, 0.2) is 0 Å². The van der Waals surface area contributed by atoms with E-state index in [1.807, 2.05) is 6.92 Å². The standard InChI is InChI=1S/C7H11NO2/c1-2-5-8-6(9)3-4-7(8)10/h3-4,6,9H,2,5H2,1H3. The van der Waals surface area contributed by atoms with Crippen LogP contribution in [0, 0.1) is 0 Å². The molecule has 1 rings (SSSR count). The van der Waals surface area contributed by atoms with E-state index >= 15 is 0 Å². The van der Waals surface area contributed by atoms with Crippen molar-refractivity contribution in [2.75, 3.05) is 6.54 Å². The minimum atomic E-state index is -0.688. The van der Waals surface area contributed by atoms with Gasteiger partial charge in [0.1, 0.15) is 6.23 Å². The van der Waals surface area contributed by atoms with E-state index in [9.17, 15) is 4.79 Å². The van der Waals surface area contributed by atoms with E-state index in [1.54, 1.807) is 0 Å². The fraction of sp³-hybridized carbons (Fsp3) is 0.571. The highest BCUT2D eigenvalue weighted by molar-refractivity contribution is 5.90. The minimum Gasteiger partial charge on any atom is -0.370 e. The Bertz CT molecular complexity index is 165. The molecule has 0 aromatic carbocycles. The lowest BCUT2D eigenvalue weighted by molar-refractivity contribution is -0.130. The second-order valence-corrected chi connectivity index (χ2v) is 2.30. The second kappa shape index (κ2) is 2.84. The Morgan fingerprint density at radius 1 is 1.80 bits per heavy atom. The molecule has 10 heavy (non-hydrogen) atoms. The molecule has 3 nitrogen and oxygen atoms in total. The van der Waals surface area contributed by atoms with Crippen molar-refractivity contribution in [3.05, 3.63) is 12.2 Å². The highest BCUT2D eigenvalue weighted by Crippen LogP contribution is 2.07. The Hall–Kier alpha value is -0.830. The molecule has 1 N–H and O–H groups in total.